The van der Waals surface area contributed by atoms with Gasteiger partial charge in [0.15, 0.2) is 11.4 Å². The van der Waals surface area contributed by atoms with E-state index in [-0.39, 0.29) is 11.3 Å². The maximum absolute atomic E-state index is 14.3. The standard InChI is InChI=1S/C34H39N3O9/c1-15-21-17(18-13-16(7-10-20(18)46-4)14-37-11-5-6-12-37)8-9-19(38)23(21)28(39)24-22(15)29(40)26-27(36(2)3)30(41)25(33(35)44)32(43)34(26,45)31(24)42/h7-10,13,15,22,26-27,29,38,40-42,45H,5-6,11-12,14H2,1-4H3,(H2,35,44). The molecule has 6 atom stereocenters. The lowest BCUT2D eigenvalue weighted by Gasteiger charge is -2.53. The van der Waals surface area contributed by atoms with Crippen molar-refractivity contribution in [3.05, 3.63) is 69.7 Å². The summed E-state index contributed by atoms with van der Waals surface area (Å²) in [5, 5.41) is 57.8. The number of ketones is 2. The van der Waals surface area contributed by atoms with Crippen LogP contribution in [0, 0.1) is 11.8 Å². The van der Waals surface area contributed by atoms with Crippen LogP contribution in [0.3, 0.4) is 0 Å². The monoisotopic (exact) mass is 633 g/mol. The highest BCUT2D eigenvalue weighted by Gasteiger charge is 2.67. The highest BCUT2D eigenvalue weighted by molar-refractivity contribution is 6.25. The molecule has 6 rings (SSSR count). The number of nitrogens with zero attached hydrogens (tertiary/aromatic N) is 2. The van der Waals surface area contributed by atoms with Gasteiger partial charge in [-0.15, -0.1) is 0 Å². The minimum absolute atomic E-state index is 0.148. The highest BCUT2D eigenvalue weighted by Crippen LogP contribution is 2.57. The third kappa shape index (κ3) is 4.38. The summed E-state index contributed by atoms with van der Waals surface area (Å²) < 4.78 is 5.72. The predicted molar refractivity (Wildman–Crippen MR) is 166 cm³/mol. The summed E-state index contributed by atoms with van der Waals surface area (Å²) in [4.78, 5) is 44.0. The largest absolute Gasteiger partial charge is 0.510 e. The minimum Gasteiger partial charge on any atom is -0.510 e. The molecule has 12 heteroatoms. The van der Waals surface area contributed by atoms with Gasteiger partial charge in [-0.1, -0.05) is 19.1 Å². The molecule has 46 heavy (non-hydrogen) atoms. The second-order valence-corrected chi connectivity index (χ2v) is 13.0. The fourth-order valence-corrected chi connectivity index (χ4v) is 8.20. The topological polar surface area (TPSA) is 194 Å². The van der Waals surface area contributed by atoms with Crippen molar-refractivity contribution in [2.45, 2.75) is 50.0 Å². The third-order valence-corrected chi connectivity index (χ3v) is 10.3. The summed E-state index contributed by atoms with van der Waals surface area (Å²) in [7, 11) is 4.54. The predicted octanol–water partition coefficient (Wildman–Crippen LogP) is 1.92. The molecule has 1 fully saturated rings. The van der Waals surface area contributed by atoms with E-state index < -0.39 is 75.6 Å². The number of aliphatic hydroxyl groups is 4. The van der Waals surface area contributed by atoms with E-state index in [1.165, 1.54) is 32.2 Å². The van der Waals surface area contributed by atoms with Gasteiger partial charge in [-0.3, -0.25) is 24.2 Å². The van der Waals surface area contributed by atoms with Crippen LogP contribution in [0.2, 0.25) is 0 Å². The zero-order valence-corrected chi connectivity index (χ0v) is 26.1. The van der Waals surface area contributed by atoms with E-state index >= 15 is 0 Å². The van der Waals surface area contributed by atoms with Crippen LogP contribution in [0.5, 0.6) is 11.5 Å². The zero-order valence-electron chi connectivity index (χ0n) is 26.1. The number of methoxy groups -OCH3 is 1. The van der Waals surface area contributed by atoms with E-state index in [1.807, 2.05) is 18.2 Å². The molecule has 0 aromatic heterocycles. The van der Waals surface area contributed by atoms with E-state index in [1.54, 1.807) is 13.0 Å². The van der Waals surface area contributed by atoms with Crippen molar-refractivity contribution in [2.24, 2.45) is 17.6 Å². The molecule has 0 bridgehead atoms. The molecule has 7 N–H and O–H groups in total. The Balaban J connectivity index is 1.57. The first kappa shape index (κ1) is 31.7. The van der Waals surface area contributed by atoms with Gasteiger partial charge in [0.05, 0.1) is 30.7 Å². The number of benzene rings is 2. The Kier molecular flexibility index (Phi) is 7.75. The van der Waals surface area contributed by atoms with Crippen LogP contribution >= 0.6 is 0 Å². The number of nitrogens with two attached hydrogens (primary N) is 1. The van der Waals surface area contributed by atoms with Crippen LogP contribution < -0.4 is 10.5 Å². The number of phenols is 1. The SMILES string of the molecule is COc1ccc(CN2CCCC2)cc1-c1ccc(O)c2c1C(C)C1C(=C(O)C3(O)C(=O)C(C(N)=O)=C(O)C(N(C)C)C3C1O)C2=O. The molecule has 0 radical (unpaired) electrons. The Morgan fingerprint density at radius 2 is 1.76 bits per heavy atom. The molecule has 1 amide bonds. The summed E-state index contributed by atoms with van der Waals surface area (Å²) in [6.45, 7) is 4.43. The molecule has 6 unspecified atom stereocenters. The number of carbonyl (C=O) groups is 3. The maximum Gasteiger partial charge on any atom is 0.255 e. The second-order valence-electron chi connectivity index (χ2n) is 13.0. The number of amides is 1. The van der Waals surface area contributed by atoms with E-state index in [9.17, 15) is 39.9 Å². The molecule has 4 aliphatic rings. The van der Waals surface area contributed by atoms with Gasteiger partial charge in [0.25, 0.3) is 5.91 Å². The Morgan fingerprint density at radius 3 is 2.37 bits per heavy atom. The lowest BCUT2D eigenvalue weighted by molar-refractivity contribution is -0.162. The summed E-state index contributed by atoms with van der Waals surface area (Å²) in [6, 6.07) is 7.52. The Labute approximate surface area is 266 Å². The number of primary amides is 1. The molecule has 244 valence electrons. The van der Waals surface area contributed by atoms with Crippen molar-refractivity contribution in [3.63, 3.8) is 0 Å². The molecule has 0 spiro atoms. The summed E-state index contributed by atoms with van der Waals surface area (Å²) in [5.74, 6) is -8.85. The lowest BCUT2D eigenvalue weighted by Crippen LogP contribution is -2.68. The molecule has 1 aliphatic heterocycles. The molecule has 12 nitrogen and oxygen atoms in total. The van der Waals surface area contributed by atoms with Gasteiger partial charge < -0.3 is 36.0 Å². The van der Waals surface area contributed by atoms with Crippen LogP contribution in [-0.4, -0.2) is 105 Å². The number of fused-ring (bicyclic) bond motifs is 3. The fourth-order valence-electron chi connectivity index (χ4n) is 8.20. The number of aromatic hydroxyl groups is 1. The molecule has 1 heterocycles. The van der Waals surface area contributed by atoms with Crippen molar-refractivity contribution < 1.29 is 44.7 Å². The Bertz CT molecular complexity index is 1720. The van der Waals surface area contributed by atoms with Crippen molar-refractivity contribution in [3.8, 4) is 22.6 Å². The Hall–Kier alpha value is -4.23. The first-order valence-corrected chi connectivity index (χ1v) is 15.3. The minimum atomic E-state index is -2.97. The third-order valence-electron chi connectivity index (χ3n) is 10.3. The summed E-state index contributed by atoms with van der Waals surface area (Å²) in [5.41, 5.74) is 3.56. The number of likely N-dealkylation sites (tertiary alicyclic amines) is 1. The van der Waals surface area contributed by atoms with Crippen LogP contribution in [0.4, 0.5) is 0 Å². The number of carbonyl (C=O) groups excluding carboxylic acids is 3. The smallest absolute Gasteiger partial charge is 0.255 e. The summed E-state index contributed by atoms with van der Waals surface area (Å²) in [6.07, 6.45) is 0.581. The lowest BCUT2D eigenvalue weighted by atomic mass is 9.55. The van der Waals surface area contributed by atoms with Gasteiger partial charge in [0.1, 0.15) is 28.6 Å². The first-order chi connectivity index (χ1) is 21.7. The normalized spacial score (nSPS) is 29.6. The van der Waals surface area contributed by atoms with Gasteiger partial charge >= 0.3 is 0 Å². The van der Waals surface area contributed by atoms with Gasteiger partial charge in [-0.25, -0.2) is 0 Å². The van der Waals surface area contributed by atoms with Gasteiger partial charge in [0, 0.05) is 23.6 Å². The first-order valence-electron chi connectivity index (χ1n) is 15.3. The van der Waals surface area contributed by atoms with Gasteiger partial charge in [-0.05, 0) is 80.8 Å². The molecular weight excluding hydrogens is 594 g/mol. The van der Waals surface area contributed by atoms with Crippen molar-refractivity contribution >= 4 is 17.5 Å². The van der Waals surface area contributed by atoms with E-state index in [4.69, 9.17) is 10.5 Å². The molecule has 3 aliphatic carbocycles. The molecule has 2 aromatic rings. The number of likely N-dealkylation sites (N-methyl/N-ethyl adjacent to an activating group) is 1. The number of Topliss-reactive ketones (excluding diaryl/α,β-unsaturated/α-hetero) is 2. The van der Waals surface area contributed by atoms with Crippen LogP contribution in [0.25, 0.3) is 11.1 Å². The molecule has 2 aromatic carbocycles. The number of hydrogen-bond acceptors (Lipinski definition) is 11. The van der Waals surface area contributed by atoms with Crippen LogP contribution in [0.15, 0.2) is 53.0 Å². The zero-order chi connectivity index (χ0) is 33.4. The van der Waals surface area contributed by atoms with Crippen molar-refractivity contribution in [2.75, 3.05) is 34.3 Å². The van der Waals surface area contributed by atoms with Crippen LogP contribution in [0.1, 0.15) is 47.2 Å². The van der Waals surface area contributed by atoms with Crippen molar-refractivity contribution in [1.29, 1.82) is 0 Å². The molecule has 0 saturated carbocycles. The van der Waals surface area contributed by atoms with E-state index in [2.05, 4.69) is 4.90 Å². The number of ether oxygens (including phenoxy) is 1. The maximum atomic E-state index is 14.3. The van der Waals surface area contributed by atoms with E-state index in [0.29, 0.717) is 22.4 Å². The number of phenolic OH excluding ortho intramolecular Hbond substituents is 1. The molecular formula is C34H39N3O9. The highest BCUT2D eigenvalue weighted by atomic mass is 16.5. The van der Waals surface area contributed by atoms with Gasteiger partial charge in [-0.2, -0.15) is 0 Å². The fraction of sp³-hybridized carbons (Fsp3) is 0.441. The second kappa shape index (κ2) is 11.2. The number of aliphatic hydroxyl groups excluding tert-OH is 3. The average Bonchev–Trinajstić information content (AvgIpc) is 3.51. The van der Waals surface area contributed by atoms with Crippen molar-refractivity contribution in [1.82, 2.24) is 9.80 Å². The summed E-state index contributed by atoms with van der Waals surface area (Å²) >= 11 is 0. The van der Waals surface area contributed by atoms with Crippen LogP contribution in [-0.2, 0) is 16.1 Å². The Morgan fingerprint density at radius 1 is 1.09 bits per heavy atom. The van der Waals surface area contributed by atoms with Gasteiger partial charge in [0.2, 0.25) is 5.78 Å². The average molecular weight is 634 g/mol. The number of rotatable bonds is 6. The molecule has 1 saturated heterocycles. The quantitative estimate of drug-likeness (QED) is 0.255. The number of hydrogen-bond donors (Lipinski definition) is 6. The van der Waals surface area contributed by atoms with E-state index in [0.717, 1.165) is 38.0 Å².